The first-order valence-electron chi connectivity index (χ1n) is 8.98. The number of nitrogens with zero attached hydrogens (tertiary/aromatic N) is 5. The molecule has 0 aliphatic carbocycles. The number of ether oxygens (including phenoxy) is 1. The number of aromatic hydroxyl groups is 1. The van der Waals surface area contributed by atoms with E-state index < -0.39 is 16.4 Å². The Morgan fingerprint density at radius 3 is 2.76 bits per heavy atom. The Labute approximate surface area is 165 Å². The molecule has 0 spiro atoms. The van der Waals surface area contributed by atoms with Gasteiger partial charge in [0.25, 0.3) is 11.2 Å². The van der Waals surface area contributed by atoms with Crippen LogP contribution in [0.3, 0.4) is 0 Å². The first-order valence-corrected chi connectivity index (χ1v) is 8.98. The summed E-state index contributed by atoms with van der Waals surface area (Å²) < 4.78 is 6.61. The van der Waals surface area contributed by atoms with Crippen LogP contribution in [0.25, 0.3) is 0 Å². The van der Waals surface area contributed by atoms with Crippen molar-refractivity contribution in [3.8, 4) is 11.9 Å². The quantitative estimate of drug-likeness (QED) is 0.464. The third kappa shape index (κ3) is 4.00. The van der Waals surface area contributed by atoms with Crippen molar-refractivity contribution in [1.29, 1.82) is 5.26 Å². The lowest BCUT2D eigenvalue weighted by Gasteiger charge is -2.16. The first kappa shape index (κ1) is 20.2. The van der Waals surface area contributed by atoms with Crippen LogP contribution in [-0.2, 0) is 11.3 Å². The highest BCUT2D eigenvalue weighted by atomic mass is 16.6. The van der Waals surface area contributed by atoms with Gasteiger partial charge in [0.05, 0.1) is 23.3 Å². The van der Waals surface area contributed by atoms with Gasteiger partial charge in [0, 0.05) is 24.3 Å². The molecule has 0 saturated carbocycles. The Balaban J connectivity index is 2.04. The number of aromatic nitrogens is 1. The van der Waals surface area contributed by atoms with Crippen molar-refractivity contribution in [2.45, 2.75) is 39.3 Å². The van der Waals surface area contributed by atoms with Crippen LogP contribution in [0.1, 0.15) is 29.5 Å². The van der Waals surface area contributed by atoms with E-state index in [0.29, 0.717) is 17.9 Å². The number of nitriles is 1. The van der Waals surface area contributed by atoms with E-state index in [1.807, 2.05) is 6.07 Å². The summed E-state index contributed by atoms with van der Waals surface area (Å²) in [7, 11) is 0. The fourth-order valence-corrected chi connectivity index (χ4v) is 3.19. The Bertz CT molecular complexity index is 1090. The van der Waals surface area contributed by atoms with Crippen molar-refractivity contribution in [3.05, 3.63) is 55.4 Å². The Morgan fingerprint density at radius 1 is 1.41 bits per heavy atom. The Kier molecular flexibility index (Phi) is 5.70. The molecule has 1 aliphatic rings. The molecule has 29 heavy (non-hydrogen) atoms. The molecule has 150 valence electrons. The van der Waals surface area contributed by atoms with Crippen molar-refractivity contribution >= 4 is 17.1 Å². The van der Waals surface area contributed by atoms with E-state index in [1.165, 1.54) is 25.1 Å². The van der Waals surface area contributed by atoms with Gasteiger partial charge < -0.3 is 9.84 Å². The molecule has 1 atom stereocenters. The normalized spacial score (nSPS) is 16.2. The molecule has 2 heterocycles. The van der Waals surface area contributed by atoms with E-state index >= 15 is 0 Å². The highest BCUT2D eigenvalue weighted by molar-refractivity contribution is 5.57. The van der Waals surface area contributed by atoms with Crippen LogP contribution in [0.4, 0.5) is 17.1 Å². The largest absolute Gasteiger partial charge is 0.493 e. The van der Waals surface area contributed by atoms with Gasteiger partial charge in [-0.05, 0) is 38.3 Å². The number of hydrogen-bond donors (Lipinski definition) is 1. The summed E-state index contributed by atoms with van der Waals surface area (Å²) in [5, 5.41) is 38.7. The lowest BCUT2D eigenvalue weighted by Crippen LogP contribution is -2.27. The molecule has 1 saturated heterocycles. The van der Waals surface area contributed by atoms with Crippen molar-refractivity contribution in [2.24, 2.45) is 10.2 Å². The second-order valence-corrected chi connectivity index (χ2v) is 6.76. The van der Waals surface area contributed by atoms with E-state index in [9.17, 15) is 25.3 Å². The van der Waals surface area contributed by atoms with Gasteiger partial charge in [-0.2, -0.15) is 10.4 Å². The van der Waals surface area contributed by atoms with E-state index in [2.05, 4.69) is 10.2 Å². The molecule has 10 heteroatoms. The predicted octanol–water partition coefficient (Wildman–Crippen LogP) is 3.55. The number of hydrogen-bond acceptors (Lipinski definition) is 8. The minimum absolute atomic E-state index is 0.0584. The van der Waals surface area contributed by atoms with E-state index in [4.69, 9.17) is 4.74 Å². The zero-order valence-corrected chi connectivity index (χ0v) is 16.0. The topological polar surface area (TPSA) is 143 Å². The zero-order chi connectivity index (χ0) is 21.1. The molecule has 2 aromatic rings. The average Bonchev–Trinajstić information content (AvgIpc) is 3.19. The van der Waals surface area contributed by atoms with Gasteiger partial charge >= 0.3 is 0 Å². The van der Waals surface area contributed by atoms with E-state index in [1.54, 1.807) is 6.92 Å². The average molecular weight is 397 g/mol. The molecule has 0 radical (unpaired) electrons. The molecular formula is C19H19N5O5. The van der Waals surface area contributed by atoms with Crippen LogP contribution in [0, 0.1) is 35.3 Å². The van der Waals surface area contributed by atoms with Crippen LogP contribution in [-0.4, -0.2) is 27.3 Å². The molecule has 0 amide bonds. The van der Waals surface area contributed by atoms with Gasteiger partial charge in [0.15, 0.2) is 5.69 Å². The minimum atomic E-state index is -0.585. The first-order chi connectivity index (χ1) is 13.8. The third-order valence-corrected chi connectivity index (χ3v) is 4.83. The van der Waals surface area contributed by atoms with Crippen molar-refractivity contribution in [1.82, 2.24) is 4.57 Å². The summed E-state index contributed by atoms with van der Waals surface area (Å²) in [5.74, 6) is -0.420. The predicted molar refractivity (Wildman–Crippen MR) is 103 cm³/mol. The molecule has 1 aliphatic heterocycles. The Hall–Kier alpha value is -3.58. The fourth-order valence-electron chi connectivity index (χ4n) is 3.19. The molecule has 1 fully saturated rings. The highest BCUT2D eigenvalue weighted by Crippen LogP contribution is 2.29. The highest BCUT2D eigenvalue weighted by Gasteiger charge is 2.23. The third-order valence-electron chi connectivity index (χ3n) is 4.83. The molecule has 1 unspecified atom stereocenters. The lowest BCUT2D eigenvalue weighted by atomic mass is 10.1. The van der Waals surface area contributed by atoms with E-state index in [0.717, 1.165) is 17.4 Å². The number of rotatable bonds is 5. The number of non-ortho nitro benzene ring substituents is 1. The number of nitro benzene ring substituents is 1. The maximum absolute atomic E-state index is 12.9. The summed E-state index contributed by atoms with van der Waals surface area (Å²) in [5.41, 5.74) is 0.283. The standard InChI is InChI=1S/C19H19N5O5/c1-11-8-13(24(27)28)5-6-16(11)21-22-17-12(2)15(9-20)18(25)23(19(17)26)10-14-4-3-7-29-14/h5-6,8,14,25H,3-4,7,10H2,1-2H3. The van der Waals surface area contributed by atoms with Crippen molar-refractivity contribution in [3.63, 3.8) is 0 Å². The molecular weight excluding hydrogens is 378 g/mol. The molecule has 1 aromatic carbocycles. The molecule has 0 bridgehead atoms. The lowest BCUT2D eigenvalue weighted by molar-refractivity contribution is -0.384. The van der Waals surface area contributed by atoms with Crippen molar-refractivity contribution in [2.75, 3.05) is 6.61 Å². The van der Waals surface area contributed by atoms with Gasteiger partial charge in [-0.1, -0.05) is 0 Å². The monoisotopic (exact) mass is 397 g/mol. The second-order valence-electron chi connectivity index (χ2n) is 6.76. The van der Waals surface area contributed by atoms with Crippen LogP contribution in [0.5, 0.6) is 5.88 Å². The van der Waals surface area contributed by atoms with Gasteiger partial charge in [-0.25, -0.2) is 0 Å². The molecule has 10 nitrogen and oxygen atoms in total. The van der Waals surface area contributed by atoms with Crippen LogP contribution in [0.15, 0.2) is 33.2 Å². The van der Waals surface area contributed by atoms with Gasteiger partial charge in [0.1, 0.15) is 11.6 Å². The minimum Gasteiger partial charge on any atom is -0.493 e. The molecule has 1 aromatic heterocycles. The summed E-state index contributed by atoms with van der Waals surface area (Å²) >= 11 is 0. The number of nitro groups is 1. The van der Waals surface area contributed by atoms with Crippen molar-refractivity contribution < 1.29 is 14.8 Å². The van der Waals surface area contributed by atoms with E-state index in [-0.39, 0.29) is 35.2 Å². The summed E-state index contributed by atoms with van der Waals surface area (Å²) in [6.07, 6.45) is 1.39. The maximum atomic E-state index is 12.9. The van der Waals surface area contributed by atoms with Gasteiger partial charge in [-0.3, -0.25) is 19.5 Å². The van der Waals surface area contributed by atoms with Gasteiger partial charge in [-0.15, -0.1) is 5.11 Å². The second kappa shape index (κ2) is 8.20. The maximum Gasteiger partial charge on any atom is 0.281 e. The number of azo groups is 1. The summed E-state index contributed by atoms with van der Waals surface area (Å²) in [6, 6.07) is 5.98. The van der Waals surface area contributed by atoms with Gasteiger partial charge in [0.2, 0.25) is 5.88 Å². The Morgan fingerprint density at radius 2 is 2.17 bits per heavy atom. The van der Waals surface area contributed by atoms with Crippen LogP contribution in [0.2, 0.25) is 0 Å². The number of benzene rings is 1. The van der Waals surface area contributed by atoms with Crippen LogP contribution < -0.4 is 5.56 Å². The molecule has 1 N–H and O–H groups in total. The number of pyridine rings is 1. The molecule has 3 rings (SSSR count). The summed E-state index contributed by atoms with van der Waals surface area (Å²) in [4.78, 5) is 23.3. The van der Waals surface area contributed by atoms with Crippen LogP contribution >= 0.6 is 0 Å². The SMILES string of the molecule is Cc1cc([N+](=O)[O-])ccc1N=Nc1c(C)c(C#N)c(O)n(CC2CCCO2)c1=O. The fraction of sp³-hybridized carbons (Fsp3) is 0.368. The smallest absolute Gasteiger partial charge is 0.281 e. The number of aryl methyl sites for hydroxylation is 1. The summed E-state index contributed by atoms with van der Waals surface area (Å²) in [6.45, 7) is 3.84. The zero-order valence-electron chi connectivity index (χ0n) is 16.0.